The summed E-state index contributed by atoms with van der Waals surface area (Å²) in [6, 6.07) is 11.7. The molecule has 0 bridgehead atoms. The number of hydrogen-bond acceptors (Lipinski definition) is 2. The molecule has 102 valence electrons. The zero-order valence-electron chi connectivity index (χ0n) is 11.0. The van der Waals surface area contributed by atoms with Crippen molar-refractivity contribution in [3.8, 4) is 0 Å². The quantitative estimate of drug-likeness (QED) is 0.810. The molecule has 0 spiro atoms. The van der Waals surface area contributed by atoms with Gasteiger partial charge in [0.05, 0.1) is 0 Å². The van der Waals surface area contributed by atoms with Gasteiger partial charge in [0.25, 0.3) is 5.91 Å². The van der Waals surface area contributed by atoms with E-state index in [0.717, 1.165) is 11.1 Å². The Morgan fingerprint density at radius 1 is 1.10 bits per heavy atom. The number of amides is 1. The fraction of sp³-hybridized carbons (Fsp3) is 0.188. The van der Waals surface area contributed by atoms with Gasteiger partial charge in [-0.05, 0) is 53.9 Å². The first-order chi connectivity index (χ1) is 9.63. The highest BCUT2D eigenvalue weighted by Crippen LogP contribution is 2.21. The van der Waals surface area contributed by atoms with E-state index in [1.165, 1.54) is 6.07 Å². The van der Waals surface area contributed by atoms with E-state index in [2.05, 4.69) is 0 Å². The zero-order valence-corrected chi connectivity index (χ0v) is 11.0. The van der Waals surface area contributed by atoms with Crippen molar-refractivity contribution < 1.29 is 9.18 Å². The molecule has 0 atom stereocenters. The molecular weight excluding hydrogens is 255 g/mol. The standard InChI is InChI=1S/C16H15FN2O/c17-14-4-1-13-10-19(8-7-12(13)9-14)16(20)11-2-5-15(18)6-3-11/h1-6,9H,7-8,10,18H2. The molecule has 2 N–H and O–H groups in total. The highest BCUT2D eigenvalue weighted by Gasteiger charge is 2.21. The molecule has 2 aromatic rings. The Morgan fingerprint density at radius 3 is 2.60 bits per heavy atom. The second kappa shape index (κ2) is 4.96. The van der Waals surface area contributed by atoms with E-state index < -0.39 is 0 Å². The number of anilines is 1. The van der Waals surface area contributed by atoms with E-state index in [1.54, 1.807) is 41.3 Å². The van der Waals surface area contributed by atoms with Crippen molar-refractivity contribution in [2.24, 2.45) is 0 Å². The fourth-order valence-electron chi connectivity index (χ4n) is 2.50. The molecule has 2 aromatic carbocycles. The van der Waals surface area contributed by atoms with Gasteiger partial charge in [-0.25, -0.2) is 4.39 Å². The molecule has 1 amide bonds. The van der Waals surface area contributed by atoms with Crippen molar-refractivity contribution in [2.75, 3.05) is 12.3 Å². The normalized spacial score (nSPS) is 13.9. The van der Waals surface area contributed by atoms with Crippen molar-refractivity contribution >= 4 is 11.6 Å². The molecule has 0 aromatic heterocycles. The number of nitrogens with zero attached hydrogens (tertiary/aromatic N) is 1. The molecule has 0 saturated heterocycles. The summed E-state index contributed by atoms with van der Waals surface area (Å²) in [7, 11) is 0. The van der Waals surface area contributed by atoms with Gasteiger partial charge in [-0.1, -0.05) is 6.07 Å². The molecule has 0 radical (unpaired) electrons. The molecule has 3 rings (SSSR count). The molecule has 1 aliphatic heterocycles. The first kappa shape index (κ1) is 12.7. The fourth-order valence-corrected chi connectivity index (χ4v) is 2.50. The highest BCUT2D eigenvalue weighted by atomic mass is 19.1. The van der Waals surface area contributed by atoms with Crippen LogP contribution in [0.4, 0.5) is 10.1 Å². The number of hydrogen-bond donors (Lipinski definition) is 1. The molecule has 3 nitrogen and oxygen atoms in total. The van der Waals surface area contributed by atoms with Gasteiger partial charge in [-0.15, -0.1) is 0 Å². The van der Waals surface area contributed by atoms with E-state index in [-0.39, 0.29) is 11.7 Å². The molecule has 1 aliphatic rings. The predicted octanol–water partition coefficient (Wildman–Crippen LogP) is 2.61. The Hall–Kier alpha value is -2.36. The van der Waals surface area contributed by atoms with E-state index >= 15 is 0 Å². The smallest absolute Gasteiger partial charge is 0.254 e. The van der Waals surface area contributed by atoms with Gasteiger partial charge in [0.15, 0.2) is 0 Å². The van der Waals surface area contributed by atoms with Crippen LogP contribution in [-0.2, 0) is 13.0 Å². The Bertz CT molecular complexity index is 652. The van der Waals surface area contributed by atoms with Gasteiger partial charge in [-0.2, -0.15) is 0 Å². The maximum absolute atomic E-state index is 13.2. The van der Waals surface area contributed by atoms with Crippen LogP contribution < -0.4 is 5.73 Å². The van der Waals surface area contributed by atoms with Crippen molar-refractivity contribution in [3.63, 3.8) is 0 Å². The van der Waals surface area contributed by atoms with Crippen LogP contribution in [0.5, 0.6) is 0 Å². The molecule has 0 saturated carbocycles. The lowest BCUT2D eigenvalue weighted by molar-refractivity contribution is 0.0734. The molecule has 0 fully saturated rings. The van der Waals surface area contributed by atoms with Crippen LogP contribution in [-0.4, -0.2) is 17.4 Å². The van der Waals surface area contributed by atoms with Crippen LogP contribution in [0.15, 0.2) is 42.5 Å². The van der Waals surface area contributed by atoms with E-state index in [9.17, 15) is 9.18 Å². The summed E-state index contributed by atoms with van der Waals surface area (Å²) in [5.74, 6) is -0.234. The first-order valence-corrected chi connectivity index (χ1v) is 6.55. The second-order valence-electron chi connectivity index (χ2n) is 5.01. The van der Waals surface area contributed by atoms with Crippen LogP contribution in [0.25, 0.3) is 0 Å². The number of fused-ring (bicyclic) bond motifs is 1. The number of halogens is 1. The van der Waals surface area contributed by atoms with Crippen LogP contribution >= 0.6 is 0 Å². The van der Waals surface area contributed by atoms with Gasteiger partial charge >= 0.3 is 0 Å². The zero-order chi connectivity index (χ0) is 14.1. The highest BCUT2D eigenvalue weighted by molar-refractivity contribution is 5.94. The molecule has 0 aliphatic carbocycles. The Kier molecular flexibility index (Phi) is 3.14. The largest absolute Gasteiger partial charge is 0.399 e. The lowest BCUT2D eigenvalue weighted by Crippen LogP contribution is -2.36. The Labute approximate surface area is 116 Å². The number of carbonyl (C=O) groups is 1. The second-order valence-corrected chi connectivity index (χ2v) is 5.01. The molecule has 4 heteroatoms. The maximum Gasteiger partial charge on any atom is 0.254 e. The van der Waals surface area contributed by atoms with Gasteiger partial charge in [0, 0.05) is 24.3 Å². The average Bonchev–Trinajstić information content (AvgIpc) is 2.47. The Morgan fingerprint density at radius 2 is 1.85 bits per heavy atom. The van der Waals surface area contributed by atoms with Crippen molar-refractivity contribution in [2.45, 2.75) is 13.0 Å². The third-order valence-corrected chi connectivity index (χ3v) is 3.63. The van der Waals surface area contributed by atoms with Gasteiger partial charge < -0.3 is 10.6 Å². The maximum atomic E-state index is 13.2. The summed E-state index contributed by atoms with van der Waals surface area (Å²) < 4.78 is 13.2. The van der Waals surface area contributed by atoms with Crippen LogP contribution in [0, 0.1) is 5.82 Å². The number of benzene rings is 2. The number of rotatable bonds is 1. The number of carbonyl (C=O) groups excluding carboxylic acids is 1. The molecule has 1 heterocycles. The lowest BCUT2D eigenvalue weighted by atomic mass is 9.99. The number of nitrogens with two attached hydrogens (primary N) is 1. The van der Waals surface area contributed by atoms with Crippen LogP contribution in [0.1, 0.15) is 21.5 Å². The summed E-state index contributed by atoms with van der Waals surface area (Å²) >= 11 is 0. The average molecular weight is 270 g/mol. The van der Waals surface area contributed by atoms with Crippen molar-refractivity contribution in [1.29, 1.82) is 0 Å². The SMILES string of the molecule is Nc1ccc(C(=O)N2CCc3cc(F)ccc3C2)cc1. The summed E-state index contributed by atoms with van der Waals surface area (Å²) in [5.41, 5.74) is 8.90. The topological polar surface area (TPSA) is 46.3 Å². The predicted molar refractivity (Wildman–Crippen MR) is 75.7 cm³/mol. The van der Waals surface area contributed by atoms with Crippen LogP contribution in [0.3, 0.4) is 0 Å². The summed E-state index contributed by atoms with van der Waals surface area (Å²) in [6.07, 6.45) is 0.688. The molecule has 20 heavy (non-hydrogen) atoms. The van der Waals surface area contributed by atoms with Gasteiger partial charge in [-0.3, -0.25) is 4.79 Å². The van der Waals surface area contributed by atoms with Crippen molar-refractivity contribution in [3.05, 3.63) is 65.0 Å². The van der Waals surface area contributed by atoms with E-state index in [0.29, 0.717) is 30.8 Å². The lowest BCUT2D eigenvalue weighted by Gasteiger charge is -2.29. The minimum Gasteiger partial charge on any atom is -0.399 e. The minimum absolute atomic E-state index is 0.0139. The molecule has 0 unspecified atom stereocenters. The summed E-state index contributed by atoms with van der Waals surface area (Å²) in [5, 5.41) is 0. The minimum atomic E-state index is -0.220. The van der Waals surface area contributed by atoms with E-state index in [1.807, 2.05) is 0 Å². The van der Waals surface area contributed by atoms with E-state index in [4.69, 9.17) is 5.73 Å². The van der Waals surface area contributed by atoms with Crippen LogP contribution in [0.2, 0.25) is 0 Å². The summed E-state index contributed by atoms with van der Waals surface area (Å²) in [4.78, 5) is 14.2. The first-order valence-electron chi connectivity index (χ1n) is 6.55. The van der Waals surface area contributed by atoms with Gasteiger partial charge in [0.2, 0.25) is 0 Å². The third kappa shape index (κ3) is 2.37. The van der Waals surface area contributed by atoms with Crippen molar-refractivity contribution in [1.82, 2.24) is 4.90 Å². The third-order valence-electron chi connectivity index (χ3n) is 3.63. The molecular formula is C16H15FN2O. The number of nitrogen functional groups attached to an aromatic ring is 1. The van der Waals surface area contributed by atoms with Gasteiger partial charge in [0.1, 0.15) is 5.82 Å². The summed E-state index contributed by atoms with van der Waals surface area (Å²) in [6.45, 7) is 1.14. The monoisotopic (exact) mass is 270 g/mol. The Balaban J connectivity index is 1.81.